The summed E-state index contributed by atoms with van der Waals surface area (Å²) >= 11 is 3.28. The molecule has 0 amide bonds. The molecule has 14 heavy (non-hydrogen) atoms. The molecule has 2 heterocycles. The SMILES string of the molecule is OC1CN(c2cccc(Br)n2)CC1O. The smallest absolute Gasteiger partial charge is 0.130 e. The predicted octanol–water partition coefficient (Wildman–Crippen LogP) is 0.386. The van der Waals surface area contributed by atoms with E-state index in [-0.39, 0.29) is 0 Å². The van der Waals surface area contributed by atoms with Crippen molar-refractivity contribution in [2.24, 2.45) is 0 Å². The number of pyridine rings is 1. The lowest BCUT2D eigenvalue weighted by Crippen LogP contribution is -2.22. The highest BCUT2D eigenvalue weighted by atomic mass is 79.9. The van der Waals surface area contributed by atoms with Gasteiger partial charge in [-0.05, 0) is 28.1 Å². The predicted molar refractivity (Wildman–Crippen MR) is 56.2 cm³/mol. The zero-order valence-electron chi connectivity index (χ0n) is 7.47. The molecule has 5 heteroatoms. The van der Waals surface area contributed by atoms with Crippen LogP contribution in [0.25, 0.3) is 0 Å². The number of hydrogen-bond acceptors (Lipinski definition) is 4. The van der Waals surface area contributed by atoms with Crippen LogP contribution in [0.5, 0.6) is 0 Å². The molecule has 0 radical (unpaired) electrons. The van der Waals surface area contributed by atoms with Gasteiger partial charge in [0.1, 0.15) is 10.4 Å². The summed E-state index contributed by atoms with van der Waals surface area (Å²) in [7, 11) is 0. The molecule has 2 rings (SSSR count). The molecule has 1 aliphatic rings. The third kappa shape index (κ3) is 1.89. The van der Waals surface area contributed by atoms with Gasteiger partial charge in [0.25, 0.3) is 0 Å². The van der Waals surface area contributed by atoms with Crippen molar-refractivity contribution in [1.29, 1.82) is 0 Å². The van der Waals surface area contributed by atoms with Crippen molar-refractivity contribution < 1.29 is 10.2 Å². The van der Waals surface area contributed by atoms with Gasteiger partial charge in [0.05, 0.1) is 12.2 Å². The molecule has 76 valence electrons. The number of hydrogen-bond donors (Lipinski definition) is 2. The maximum absolute atomic E-state index is 9.37. The first-order chi connectivity index (χ1) is 6.66. The second kappa shape index (κ2) is 3.84. The fourth-order valence-corrected chi connectivity index (χ4v) is 1.86. The monoisotopic (exact) mass is 258 g/mol. The normalized spacial score (nSPS) is 26.9. The van der Waals surface area contributed by atoms with E-state index in [9.17, 15) is 10.2 Å². The van der Waals surface area contributed by atoms with Crippen molar-refractivity contribution in [2.75, 3.05) is 18.0 Å². The van der Waals surface area contributed by atoms with E-state index in [0.717, 1.165) is 10.4 Å². The van der Waals surface area contributed by atoms with E-state index in [1.807, 2.05) is 23.1 Å². The number of nitrogens with zero attached hydrogens (tertiary/aromatic N) is 2. The van der Waals surface area contributed by atoms with Crippen LogP contribution in [0.2, 0.25) is 0 Å². The van der Waals surface area contributed by atoms with Crippen LogP contribution in [0.4, 0.5) is 5.82 Å². The fraction of sp³-hybridized carbons (Fsp3) is 0.444. The van der Waals surface area contributed by atoms with Crippen LogP contribution in [0, 0.1) is 0 Å². The molecular formula is C9H11BrN2O2. The lowest BCUT2D eigenvalue weighted by molar-refractivity contribution is 0.0572. The van der Waals surface area contributed by atoms with Gasteiger partial charge >= 0.3 is 0 Å². The highest BCUT2D eigenvalue weighted by Gasteiger charge is 2.30. The minimum Gasteiger partial charge on any atom is -0.389 e. The van der Waals surface area contributed by atoms with Crippen molar-refractivity contribution in [3.05, 3.63) is 22.8 Å². The number of halogens is 1. The van der Waals surface area contributed by atoms with Crippen LogP contribution in [-0.2, 0) is 0 Å². The lowest BCUT2D eigenvalue weighted by Gasteiger charge is -2.15. The molecule has 1 saturated heterocycles. The van der Waals surface area contributed by atoms with Gasteiger partial charge in [-0.1, -0.05) is 6.07 Å². The first kappa shape index (κ1) is 9.89. The maximum atomic E-state index is 9.37. The summed E-state index contributed by atoms with van der Waals surface area (Å²) in [4.78, 5) is 6.11. The van der Waals surface area contributed by atoms with Crippen LogP contribution in [0.15, 0.2) is 22.8 Å². The molecule has 1 aliphatic heterocycles. The van der Waals surface area contributed by atoms with E-state index >= 15 is 0 Å². The van der Waals surface area contributed by atoms with Crippen LogP contribution >= 0.6 is 15.9 Å². The van der Waals surface area contributed by atoms with Crippen LogP contribution in [0.1, 0.15) is 0 Å². The Morgan fingerprint density at radius 1 is 1.29 bits per heavy atom. The zero-order chi connectivity index (χ0) is 10.1. The Labute approximate surface area is 90.3 Å². The Hall–Kier alpha value is -0.650. The van der Waals surface area contributed by atoms with Gasteiger partial charge in [-0.3, -0.25) is 0 Å². The average molecular weight is 259 g/mol. The van der Waals surface area contributed by atoms with Crippen LogP contribution in [-0.4, -0.2) is 40.5 Å². The quantitative estimate of drug-likeness (QED) is 0.716. The number of aromatic nitrogens is 1. The molecule has 2 atom stereocenters. The molecule has 0 bridgehead atoms. The lowest BCUT2D eigenvalue weighted by atomic mass is 10.3. The molecule has 1 aromatic rings. The maximum Gasteiger partial charge on any atom is 0.130 e. The first-order valence-corrected chi connectivity index (χ1v) is 5.20. The van der Waals surface area contributed by atoms with Crippen molar-refractivity contribution in [1.82, 2.24) is 4.98 Å². The first-order valence-electron chi connectivity index (χ1n) is 4.40. The van der Waals surface area contributed by atoms with Gasteiger partial charge in [0.2, 0.25) is 0 Å². The fourth-order valence-electron chi connectivity index (χ4n) is 1.53. The third-order valence-electron chi connectivity index (χ3n) is 2.28. The van der Waals surface area contributed by atoms with Crippen LogP contribution < -0.4 is 4.90 Å². The molecule has 1 fully saturated rings. The van der Waals surface area contributed by atoms with Gasteiger partial charge in [-0.15, -0.1) is 0 Å². The summed E-state index contributed by atoms with van der Waals surface area (Å²) in [6.07, 6.45) is -1.34. The van der Waals surface area contributed by atoms with E-state index in [2.05, 4.69) is 20.9 Å². The average Bonchev–Trinajstić information content (AvgIpc) is 2.47. The van der Waals surface area contributed by atoms with E-state index in [0.29, 0.717) is 13.1 Å². The Morgan fingerprint density at radius 3 is 2.50 bits per heavy atom. The van der Waals surface area contributed by atoms with Crippen molar-refractivity contribution in [3.63, 3.8) is 0 Å². The number of anilines is 1. The van der Waals surface area contributed by atoms with E-state index in [1.165, 1.54) is 0 Å². The minimum absolute atomic E-state index is 0.435. The summed E-state index contributed by atoms with van der Waals surface area (Å²) in [6, 6.07) is 5.57. The summed E-state index contributed by atoms with van der Waals surface area (Å²) in [6.45, 7) is 0.870. The second-order valence-corrected chi connectivity index (χ2v) is 4.17. The van der Waals surface area contributed by atoms with Gasteiger partial charge in [0.15, 0.2) is 0 Å². The molecule has 0 saturated carbocycles. The topological polar surface area (TPSA) is 56.6 Å². The Morgan fingerprint density at radius 2 is 1.93 bits per heavy atom. The summed E-state index contributed by atoms with van der Waals surface area (Å²) in [5.41, 5.74) is 0. The van der Waals surface area contributed by atoms with E-state index in [1.54, 1.807) is 0 Å². The molecule has 2 N–H and O–H groups in total. The highest BCUT2D eigenvalue weighted by molar-refractivity contribution is 9.10. The van der Waals surface area contributed by atoms with Crippen molar-refractivity contribution in [2.45, 2.75) is 12.2 Å². The Balaban J connectivity index is 2.17. The largest absolute Gasteiger partial charge is 0.389 e. The summed E-state index contributed by atoms with van der Waals surface area (Å²) in [5, 5.41) is 18.7. The van der Waals surface area contributed by atoms with Crippen LogP contribution in [0.3, 0.4) is 0 Å². The number of rotatable bonds is 1. The number of aliphatic hydroxyl groups excluding tert-OH is 2. The second-order valence-electron chi connectivity index (χ2n) is 3.36. The van der Waals surface area contributed by atoms with Gasteiger partial charge in [0, 0.05) is 13.1 Å². The molecule has 0 aromatic carbocycles. The highest BCUT2D eigenvalue weighted by Crippen LogP contribution is 2.20. The Kier molecular flexibility index (Phi) is 2.71. The minimum atomic E-state index is -0.671. The third-order valence-corrected chi connectivity index (χ3v) is 2.73. The molecule has 4 nitrogen and oxygen atoms in total. The van der Waals surface area contributed by atoms with Gasteiger partial charge in [-0.25, -0.2) is 4.98 Å². The summed E-state index contributed by atoms with van der Waals surface area (Å²) < 4.78 is 0.755. The standard InChI is InChI=1S/C9H11BrN2O2/c10-8-2-1-3-9(11-8)12-4-6(13)7(14)5-12/h1-3,6-7,13-14H,4-5H2. The van der Waals surface area contributed by atoms with Crippen molar-refractivity contribution in [3.8, 4) is 0 Å². The van der Waals surface area contributed by atoms with Gasteiger partial charge < -0.3 is 15.1 Å². The number of β-amino-alcohol motifs (C(OH)–C–C–N with tert-alkyl or cyclic N) is 2. The molecule has 0 aliphatic carbocycles. The molecular weight excluding hydrogens is 248 g/mol. The zero-order valence-corrected chi connectivity index (χ0v) is 9.05. The molecule has 2 unspecified atom stereocenters. The molecule has 0 spiro atoms. The van der Waals surface area contributed by atoms with Gasteiger partial charge in [-0.2, -0.15) is 0 Å². The molecule has 1 aromatic heterocycles. The van der Waals surface area contributed by atoms with Crippen molar-refractivity contribution >= 4 is 21.7 Å². The number of aliphatic hydroxyl groups is 2. The van der Waals surface area contributed by atoms with E-state index in [4.69, 9.17) is 0 Å². The van der Waals surface area contributed by atoms with E-state index < -0.39 is 12.2 Å². The summed E-state index contributed by atoms with van der Waals surface area (Å²) in [5.74, 6) is 0.773. The Bertz CT molecular complexity index is 324.